The van der Waals surface area contributed by atoms with Crippen molar-refractivity contribution in [2.75, 3.05) is 11.7 Å². The van der Waals surface area contributed by atoms with E-state index in [4.69, 9.17) is 9.47 Å². The highest BCUT2D eigenvalue weighted by atomic mass is 16.7. The molecule has 0 spiro atoms. The van der Waals surface area contributed by atoms with Crippen LogP contribution in [0.3, 0.4) is 0 Å². The van der Waals surface area contributed by atoms with Crippen LogP contribution in [0.15, 0.2) is 48.5 Å². The minimum Gasteiger partial charge on any atom is -0.454 e. The van der Waals surface area contributed by atoms with Gasteiger partial charge in [-0.1, -0.05) is 24.3 Å². The second kappa shape index (κ2) is 6.47. The molecule has 25 heavy (non-hydrogen) atoms. The lowest BCUT2D eigenvalue weighted by atomic mass is 10.1. The molecule has 0 radical (unpaired) electrons. The van der Waals surface area contributed by atoms with Crippen molar-refractivity contribution in [3.05, 3.63) is 65.7 Å². The van der Waals surface area contributed by atoms with Gasteiger partial charge in [0, 0.05) is 19.3 Å². The van der Waals surface area contributed by atoms with Gasteiger partial charge in [-0.3, -0.25) is 0 Å². The monoisotopic (exact) mass is 336 g/mol. The predicted molar refractivity (Wildman–Crippen MR) is 94.6 cm³/mol. The molecule has 6 heteroatoms. The largest absolute Gasteiger partial charge is 0.454 e. The molecule has 0 aliphatic carbocycles. The second-order valence-corrected chi connectivity index (χ2v) is 6.10. The van der Waals surface area contributed by atoms with Crippen molar-refractivity contribution in [2.45, 2.75) is 20.0 Å². The van der Waals surface area contributed by atoms with Crippen molar-refractivity contribution in [3.8, 4) is 11.5 Å². The molecule has 3 aromatic rings. The summed E-state index contributed by atoms with van der Waals surface area (Å²) in [7, 11) is 1.99. The van der Waals surface area contributed by atoms with E-state index >= 15 is 0 Å². The average molecular weight is 336 g/mol. The summed E-state index contributed by atoms with van der Waals surface area (Å²) in [4.78, 5) is 2.28. The van der Waals surface area contributed by atoms with Crippen LogP contribution in [0.5, 0.6) is 11.5 Å². The Morgan fingerprint density at radius 3 is 2.56 bits per heavy atom. The lowest BCUT2D eigenvalue weighted by molar-refractivity contribution is 0.174. The van der Waals surface area contributed by atoms with Crippen LogP contribution < -0.4 is 14.4 Å². The molecule has 1 aliphatic rings. The zero-order valence-corrected chi connectivity index (χ0v) is 14.3. The molecule has 0 fully saturated rings. The first-order valence-electron chi connectivity index (χ1n) is 8.24. The van der Waals surface area contributed by atoms with E-state index in [0.717, 1.165) is 40.9 Å². The highest BCUT2D eigenvalue weighted by Crippen LogP contribution is 2.33. The fourth-order valence-electron chi connectivity index (χ4n) is 2.90. The van der Waals surface area contributed by atoms with Crippen LogP contribution in [0.2, 0.25) is 0 Å². The lowest BCUT2D eigenvalue weighted by Crippen LogP contribution is -2.24. The van der Waals surface area contributed by atoms with Gasteiger partial charge in [0.15, 0.2) is 17.3 Å². The Morgan fingerprint density at radius 2 is 1.80 bits per heavy atom. The maximum atomic E-state index is 5.50. The van der Waals surface area contributed by atoms with Crippen LogP contribution in [0.4, 0.5) is 5.69 Å². The van der Waals surface area contributed by atoms with E-state index in [1.54, 1.807) is 0 Å². The average Bonchev–Trinajstić information content (AvgIpc) is 3.23. The van der Waals surface area contributed by atoms with Crippen molar-refractivity contribution in [3.63, 3.8) is 0 Å². The van der Waals surface area contributed by atoms with Gasteiger partial charge >= 0.3 is 0 Å². The molecule has 1 aliphatic heterocycles. The van der Waals surface area contributed by atoms with Gasteiger partial charge in [0.25, 0.3) is 0 Å². The molecule has 2 aromatic carbocycles. The van der Waals surface area contributed by atoms with Crippen molar-refractivity contribution >= 4 is 5.69 Å². The third kappa shape index (κ3) is 3.15. The van der Waals surface area contributed by atoms with E-state index < -0.39 is 0 Å². The molecule has 0 amide bonds. The number of anilines is 1. The topological polar surface area (TPSA) is 52.4 Å². The van der Waals surface area contributed by atoms with Crippen molar-refractivity contribution in [2.24, 2.45) is 7.05 Å². The highest BCUT2D eigenvalue weighted by molar-refractivity contribution is 5.49. The summed E-state index contributed by atoms with van der Waals surface area (Å²) in [5, 5.41) is 8.47. The van der Waals surface area contributed by atoms with Gasteiger partial charge in [-0.15, -0.1) is 10.2 Å². The maximum absolute atomic E-state index is 5.50. The van der Waals surface area contributed by atoms with Gasteiger partial charge in [0.2, 0.25) is 6.79 Å². The fourth-order valence-corrected chi connectivity index (χ4v) is 2.90. The van der Waals surface area contributed by atoms with E-state index in [9.17, 15) is 0 Å². The molecule has 1 aromatic heterocycles. The number of ether oxygens (including phenoxy) is 2. The molecule has 0 atom stereocenters. The number of hydrogen-bond donors (Lipinski definition) is 0. The quantitative estimate of drug-likeness (QED) is 0.717. The lowest BCUT2D eigenvalue weighted by Gasteiger charge is -2.24. The van der Waals surface area contributed by atoms with Crippen molar-refractivity contribution in [1.29, 1.82) is 0 Å². The molecule has 2 heterocycles. The maximum Gasteiger partial charge on any atom is 0.231 e. The zero-order chi connectivity index (χ0) is 17.2. The van der Waals surface area contributed by atoms with Crippen LogP contribution >= 0.6 is 0 Å². The van der Waals surface area contributed by atoms with Crippen LogP contribution in [-0.4, -0.2) is 21.6 Å². The molecule has 0 saturated heterocycles. The summed E-state index contributed by atoms with van der Waals surface area (Å²) in [6, 6.07) is 16.4. The zero-order valence-electron chi connectivity index (χ0n) is 14.3. The van der Waals surface area contributed by atoms with E-state index in [0.29, 0.717) is 13.3 Å². The summed E-state index contributed by atoms with van der Waals surface area (Å²) in [5.74, 6) is 3.45. The summed E-state index contributed by atoms with van der Waals surface area (Å²) in [5.41, 5.74) is 2.30. The summed E-state index contributed by atoms with van der Waals surface area (Å²) < 4.78 is 12.9. The molecule has 128 valence electrons. The first-order chi connectivity index (χ1) is 12.2. The van der Waals surface area contributed by atoms with Crippen molar-refractivity contribution in [1.82, 2.24) is 14.8 Å². The first-order valence-corrected chi connectivity index (χ1v) is 8.24. The molecule has 0 N–H and O–H groups in total. The third-order valence-electron chi connectivity index (χ3n) is 4.45. The number of rotatable bonds is 5. The smallest absolute Gasteiger partial charge is 0.231 e. The normalized spacial score (nSPS) is 12.4. The van der Waals surface area contributed by atoms with Crippen molar-refractivity contribution < 1.29 is 9.47 Å². The Kier molecular flexibility index (Phi) is 4.01. The number of fused-ring (bicyclic) bond motifs is 1. The number of hydrogen-bond acceptors (Lipinski definition) is 5. The number of nitrogens with zero attached hydrogens (tertiary/aromatic N) is 4. The van der Waals surface area contributed by atoms with Gasteiger partial charge in [-0.05, 0) is 36.8 Å². The van der Waals surface area contributed by atoms with Crippen LogP contribution in [0, 0.1) is 6.92 Å². The molecular formula is C19H20N4O2. The van der Waals surface area contributed by atoms with Crippen LogP contribution in [0.25, 0.3) is 0 Å². The Balaban J connectivity index is 1.62. The minimum absolute atomic E-state index is 0.291. The second-order valence-electron chi connectivity index (χ2n) is 6.10. The predicted octanol–water partition coefficient (Wildman–Crippen LogP) is 3.06. The highest BCUT2D eigenvalue weighted by Gasteiger charge is 2.16. The summed E-state index contributed by atoms with van der Waals surface area (Å²) in [6.45, 7) is 3.67. The van der Waals surface area contributed by atoms with Gasteiger partial charge in [-0.2, -0.15) is 0 Å². The van der Waals surface area contributed by atoms with Crippen LogP contribution in [-0.2, 0) is 20.1 Å². The minimum atomic E-state index is 0.291. The fraction of sp³-hybridized carbons (Fsp3) is 0.263. The molecular weight excluding hydrogens is 316 g/mol. The molecule has 0 saturated carbocycles. The van der Waals surface area contributed by atoms with Crippen LogP contribution in [0.1, 0.15) is 17.2 Å². The van der Waals surface area contributed by atoms with E-state index in [-0.39, 0.29) is 0 Å². The van der Waals surface area contributed by atoms with E-state index in [2.05, 4.69) is 33.3 Å². The Bertz CT molecular complexity index is 876. The standard InChI is InChI=1S/C19H20N4O2/c1-14-20-21-19(22(14)2)12-23(16-6-4-3-5-7-16)11-15-8-9-17-18(10-15)25-13-24-17/h3-10H,11-13H2,1-2H3. The Hall–Kier alpha value is -3.02. The first kappa shape index (κ1) is 15.5. The third-order valence-corrected chi connectivity index (χ3v) is 4.45. The van der Waals surface area contributed by atoms with E-state index in [1.807, 2.05) is 48.9 Å². The van der Waals surface area contributed by atoms with Gasteiger partial charge in [-0.25, -0.2) is 0 Å². The molecule has 0 unspecified atom stereocenters. The van der Waals surface area contributed by atoms with Gasteiger partial charge in [0.1, 0.15) is 5.82 Å². The number of aryl methyl sites for hydroxylation is 1. The summed E-state index contributed by atoms with van der Waals surface area (Å²) >= 11 is 0. The molecule has 4 rings (SSSR count). The Labute approximate surface area is 146 Å². The van der Waals surface area contributed by atoms with E-state index in [1.165, 1.54) is 0 Å². The Morgan fingerprint density at radius 1 is 1.00 bits per heavy atom. The van der Waals surface area contributed by atoms with Gasteiger partial charge in [0.05, 0.1) is 6.54 Å². The number of aromatic nitrogens is 3. The number of benzene rings is 2. The molecule has 6 nitrogen and oxygen atoms in total. The SMILES string of the molecule is Cc1nnc(CN(Cc2ccc3c(c2)OCO3)c2ccccc2)n1C. The summed E-state index contributed by atoms with van der Waals surface area (Å²) in [6.07, 6.45) is 0. The molecule has 0 bridgehead atoms. The van der Waals surface area contributed by atoms with Gasteiger partial charge < -0.3 is 18.9 Å². The number of para-hydroxylation sites is 1.